The third-order valence-electron chi connectivity index (χ3n) is 3.65. The van der Waals surface area contributed by atoms with Gasteiger partial charge in [-0.1, -0.05) is 23.9 Å². The molecule has 2 aliphatic rings. The van der Waals surface area contributed by atoms with Gasteiger partial charge in [0.2, 0.25) is 0 Å². The van der Waals surface area contributed by atoms with E-state index in [9.17, 15) is 14.4 Å². The number of hydrogen-bond donors (Lipinski definition) is 1. The molecule has 1 N–H and O–H groups in total. The Morgan fingerprint density at radius 2 is 1.91 bits per heavy atom. The second kappa shape index (κ2) is 5.92. The van der Waals surface area contributed by atoms with Crippen molar-refractivity contribution in [1.82, 2.24) is 10.2 Å². The number of benzene rings is 1. The molecule has 1 aromatic rings. The second-order valence-electron chi connectivity index (χ2n) is 5.02. The molecule has 0 spiro atoms. The van der Waals surface area contributed by atoms with E-state index < -0.39 is 17.8 Å². The highest BCUT2D eigenvalue weighted by atomic mass is 32.2. The molecule has 0 unspecified atom stereocenters. The maximum atomic E-state index is 12.0. The number of hydrogen-bond acceptors (Lipinski definition) is 5. The second-order valence-corrected chi connectivity index (χ2v) is 6.08. The molecule has 0 atom stereocenters. The van der Waals surface area contributed by atoms with Gasteiger partial charge < -0.3 is 4.90 Å². The van der Waals surface area contributed by atoms with Crippen molar-refractivity contribution in [3.8, 4) is 0 Å². The van der Waals surface area contributed by atoms with E-state index in [1.807, 2.05) is 31.2 Å². The van der Waals surface area contributed by atoms with Crippen LogP contribution < -0.4 is 10.2 Å². The highest BCUT2D eigenvalue weighted by Crippen LogP contribution is 2.45. The zero-order valence-electron chi connectivity index (χ0n) is 12.7. The van der Waals surface area contributed by atoms with Crippen LogP contribution in [-0.4, -0.2) is 36.3 Å². The molecule has 0 saturated carbocycles. The monoisotopic (exact) mass is 329 g/mol. The number of amides is 4. The molecule has 2 aliphatic heterocycles. The molecule has 0 bridgehead atoms. The maximum absolute atomic E-state index is 12.0. The summed E-state index contributed by atoms with van der Waals surface area (Å²) >= 11 is 1.58. The van der Waals surface area contributed by atoms with E-state index in [2.05, 4.69) is 10.2 Å². The Labute approximate surface area is 137 Å². The molecule has 23 heavy (non-hydrogen) atoms. The summed E-state index contributed by atoms with van der Waals surface area (Å²) in [7, 11) is 1.34. The van der Waals surface area contributed by atoms with Crippen LogP contribution in [-0.2, 0) is 9.59 Å². The van der Waals surface area contributed by atoms with Crippen molar-refractivity contribution in [3.63, 3.8) is 0 Å². The number of nitrogens with one attached hydrogen (secondary N) is 1. The third kappa shape index (κ3) is 2.63. The summed E-state index contributed by atoms with van der Waals surface area (Å²) in [5.41, 5.74) is 1.06. The zero-order valence-corrected chi connectivity index (χ0v) is 13.5. The molecule has 2 heterocycles. The first-order valence-corrected chi connectivity index (χ1v) is 7.94. The van der Waals surface area contributed by atoms with E-state index in [-0.39, 0.29) is 5.57 Å². The van der Waals surface area contributed by atoms with Crippen LogP contribution in [0.1, 0.15) is 6.92 Å². The van der Waals surface area contributed by atoms with Crippen molar-refractivity contribution in [2.45, 2.75) is 11.8 Å². The molecule has 0 aliphatic carbocycles. The minimum atomic E-state index is -0.706. The van der Waals surface area contributed by atoms with Crippen LogP contribution in [0.5, 0.6) is 0 Å². The predicted molar refractivity (Wildman–Crippen MR) is 87.8 cm³/mol. The van der Waals surface area contributed by atoms with Crippen molar-refractivity contribution in [2.75, 3.05) is 18.5 Å². The highest BCUT2D eigenvalue weighted by Gasteiger charge is 2.33. The Hall–Kier alpha value is -2.54. The Balaban J connectivity index is 1.92. The van der Waals surface area contributed by atoms with Crippen LogP contribution >= 0.6 is 11.8 Å². The number of urea groups is 1. The summed E-state index contributed by atoms with van der Waals surface area (Å²) in [6.45, 7) is 2.81. The van der Waals surface area contributed by atoms with Crippen LogP contribution in [0.25, 0.3) is 0 Å². The Bertz CT molecular complexity index is 770. The number of para-hydroxylation sites is 1. The number of rotatable bonds is 2. The molecule has 1 fully saturated rings. The third-order valence-corrected chi connectivity index (χ3v) is 4.78. The number of carbonyl (C=O) groups excluding carboxylic acids is 3. The van der Waals surface area contributed by atoms with Gasteiger partial charge >= 0.3 is 6.03 Å². The molecule has 7 heteroatoms. The predicted octanol–water partition coefficient (Wildman–Crippen LogP) is 2.09. The van der Waals surface area contributed by atoms with Crippen LogP contribution in [0.15, 0.2) is 51.9 Å². The Kier molecular flexibility index (Phi) is 3.96. The number of allylic oxidation sites excluding steroid dienone is 2. The first-order valence-electron chi connectivity index (χ1n) is 7.12. The van der Waals surface area contributed by atoms with Gasteiger partial charge in [0, 0.05) is 18.5 Å². The summed E-state index contributed by atoms with van der Waals surface area (Å²) in [4.78, 5) is 39.4. The van der Waals surface area contributed by atoms with Crippen molar-refractivity contribution < 1.29 is 14.4 Å². The summed E-state index contributed by atoms with van der Waals surface area (Å²) in [6.07, 6.45) is 3.21. The Morgan fingerprint density at radius 3 is 2.65 bits per heavy atom. The topological polar surface area (TPSA) is 69.7 Å². The molecule has 1 aromatic carbocycles. The minimum absolute atomic E-state index is 0.0489. The molecule has 4 amide bonds. The van der Waals surface area contributed by atoms with Gasteiger partial charge in [-0.15, -0.1) is 0 Å². The highest BCUT2D eigenvalue weighted by molar-refractivity contribution is 8.03. The average molecular weight is 329 g/mol. The molecule has 0 aromatic heterocycles. The molecule has 1 saturated heterocycles. The van der Waals surface area contributed by atoms with Crippen molar-refractivity contribution >= 4 is 35.3 Å². The van der Waals surface area contributed by atoms with Crippen molar-refractivity contribution in [1.29, 1.82) is 0 Å². The lowest BCUT2D eigenvalue weighted by Crippen LogP contribution is -2.52. The van der Waals surface area contributed by atoms with E-state index in [1.54, 1.807) is 17.8 Å². The number of fused-ring (bicyclic) bond motifs is 1. The van der Waals surface area contributed by atoms with Crippen LogP contribution in [0.2, 0.25) is 0 Å². The number of carbonyl (C=O) groups is 3. The fraction of sp³-hybridized carbons (Fsp3) is 0.188. The van der Waals surface area contributed by atoms with E-state index in [1.165, 1.54) is 13.1 Å². The van der Waals surface area contributed by atoms with Gasteiger partial charge in [-0.05, 0) is 31.2 Å². The fourth-order valence-electron chi connectivity index (χ4n) is 2.42. The van der Waals surface area contributed by atoms with Gasteiger partial charge in [-0.3, -0.25) is 19.8 Å². The number of thioether (sulfide) groups is 1. The van der Waals surface area contributed by atoms with Crippen molar-refractivity contribution in [3.05, 3.63) is 47.0 Å². The van der Waals surface area contributed by atoms with Gasteiger partial charge in [0.05, 0.1) is 10.7 Å². The van der Waals surface area contributed by atoms with E-state index in [0.29, 0.717) is 0 Å². The number of likely N-dealkylation sites (N-methyl/N-ethyl adjacent to an activating group) is 1. The largest absolute Gasteiger partial charge is 0.335 e. The molecule has 3 rings (SSSR count). The van der Waals surface area contributed by atoms with E-state index in [4.69, 9.17) is 0 Å². The summed E-state index contributed by atoms with van der Waals surface area (Å²) in [5, 5.41) is 3.07. The number of nitrogens with zero attached hydrogens (tertiary/aromatic N) is 2. The summed E-state index contributed by atoms with van der Waals surface area (Å²) in [6, 6.07) is 7.30. The minimum Gasteiger partial charge on any atom is -0.335 e. The van der Waals surface area contributed by atoms with Crippen molar-refractivity contribution in [2.24, 2.45) is 0 Å². The lowest BCUT2D eigenvalue weighted by molar-refractivity contribution is -0.129. The lowest BCUT2D eigenvalue weighted by atomic mass is 10.1. The standard InChI is InChI=1S/C16H15N3O3S/c1-3-19-11-6-4-5-7-12(11)23-13(19)9-8-10-14(20)17-16(22)18(2)15(10)21/h4-9H,3H2,1-2H3,(H,17,20,22). The van der Waals surface area contributed by atoms with Gasteiger partial charge in [-0.2, -0.15) is 0 Å². The molecule has 0 radical (unpaired) electrons. The SMILES string of the molecule is CCN1C(=CC=C2C(=O)NC(=O)N(C)C2=O)Sc2ccccc21. The van der Waals surface area contributed by atoms with E-state index >= 15 is 0 Å². The maximum Gasteiger partial charge on any atom is 0.331 e. The fourth-order valence-corrected chi connectivity index (χ4v) is 3.55. The summed E-state index contributed by atoms with van der Waals surface area (Å²) < 4.78 is 0. The smallest absolute Gasteiger partial charge is 0.331 e. The first-order chi connectivity index (χ1) is 11.0. The van der Waals surface area contributed by atoms with Gasteiger partial charge in [0.1, 0.15) is 5.57 Å². The molecular weight excluding hydrogens is 314 g/mol. The van der Waals surface area contributed by atoms with Crippen LogP contribution in [0.4, 0.5) is 10.5 Å². The number of barbiturate groups is 1. The van der Waals surface area contributed by atoms with Crippen LogP contribution in [0.3, 0.4) is 0 Å². The van der Waals surface area contributed by atoms with Gasteiger partial charge in [0.15, 0.2) is 0 Å². The zero-order chi connectivity index (χ0) is 16.6. The molecule has 118 valence electrons. The molecule has 6 nitrogen and oxygen atoms in total. The van der Waals surface area contributed by atoms with Gasteiger partial charge in [-0.25, -0.2) is 4.79 Å². The van der Waals surface area contributed by atoms with E-state index in [0.717, 1.165) is 27.1 Å². The average Bonchev–Trinajstić information content (AvgIpc) is 2.90. The van der Waals surface area contributed by atoms with Crippen LogP contribution in [0, 0.1) is 0 Å². The molecular formula is C16H15N3O3S. The van der Waals surface area contributed by atoms with Gasteiger partial charge in [0.25, 0.3) is 11.8 Å². The number of imide groups is 2. The lowest BCUT2D eigenvalue weighted by Gasteiger charge is -2.22. The quantitative estimate of drug-likeness (QED) is 0.665. The Morgan fingerprint density at radius 1 is 1.17 bits per heavy atom. The summed E-state index contributed by atoms with van der Waals surface area (Å²) in [5.74, 6) is -1.27. The number of anilines is 1. The first kappa shape index (κ1) is 15.4. The normalized spacial score (nSPS) is 21.2.